The van der Waals surface area contributed by atoms with Gasteiger partial charge in [-0.15, -0.1) is 0 Å². The van der Waals surface area contributed by atoms with E-state index >= 15 is 0 Å². The molecule has 2 amide bonds. The topological polar surface area (TPSA) is 54.0 Å². The third kappa shape index (κ3) is 3.77. The highest BCUT2D eigenvalue weighted by atomic mass is 16.5. The molecule has 0 aliphatic carbocycles. The van der Waals surface area contributed by atoms with E-state index in [1.165, 1.54) is 0 Å². The first-order chi connectivity index (χ1) is 9.70. The normalized spacial score (nSPS) is 15.8. The van der Waals surface area contributed by atoms with Crippen molar-refractivity contribution in [2.75, 3.05) is 47.1 Å². The standard InChI is InChI=1S/C14H21N3O3/c1-16-7-9-17(10-8-16)14(18)15-11-20-13-6-4-3-5-12(13)19-2/h3-6H,7-11H2,1-2H3,(H,15,18). The van der Waals surface area contributed by atoms with E-state index in [2.05, 4.69) is 17.3 Å². The fourth-order valence-corrected chi connectivity index (χ4v) is 2.03. The van der Waals surface area contributed by atoms with Crippen LogP contribution in [0.5, 0.6) is 11.5 Å². The molecule has 110 valence electrons. The van der Waals surface area contributed by atoms with Crippen molar-refractivity contribution in [3.63, 3.8) is 0 Å². The van der Waals surface area contributed by atoms with Crippen LogP contribution >= 0.6 is 0 Å². The number of para-hydroxylation sites is 2. The Bertz CT molecular complexity index is 445. The highest BCUT2D eigenvalue weighted by Gasteiger charge is 2.18. The van der Waals surface area contributed by atoms with Crippen molar-refractivity contribution in [3.8, 4) is 11.5 Å². The number of carbonyl (C=O) groups excluding carboxylic acids is 1. The quantitative estimate of drug-likeness (QED) is 0.835. The molecule has 1 aliphatic rings. The van der Waals surface area contributed by atoms with E-state index in [1.807, 2.05) is 18.2 Å². The van der Waals surface area contributed by atoms with Gasteiger partial charge in [-0.3, -0.25) is 0 Å². The summed E-state index contributed by atoms with van der Waals surface area (Å²) in [5.41, 5.74) is 0. The monoisotopic (exact) mass is 279 g/mol. The third-order valence-electron chi connectivity index (χ3n) is 3.31. The van der Waals surface area contributed by atoms with Gasteiger partial charge >= 0.3 is 6.03 Å². The molecule has 1 saturated heterocycles. The lowest BCUT2D eigenvalue weighted by molar-refractivity contribution is 0.146. The molecule has 1 heterocycles. The molecule has 0 spiro atoms. The summed E-state index contributed by atoms with van der Waals surface area (Å²) in [6.45, 7) is 3.43. The molecule has 1 aromatic rings. The van der Waals surface area contributed by atoms with Crippen LogP contribution in [0, 0.1) is 0 Å². The summed E-state index contributed by atoms with van der Waals surface area (Å²) >= 11 is 0. The Balaban J connectivity index is 1.76. The first-order valence-corrected chi connectivity index (χ1v) is 6.68. The molecular formula is C14H21N3O3. The predicted molar refractivity (Wildman–Crippen MR) is 76.1 cm³/mol. The number of urea groups is 1. The van der Waals surface area contributed by atoms with Gasteiger partial charge in [-0.2, -0.15) is 0 Å². The summed E-state index contributed by atoms with van der Waals surface area (Å²) in [7, 11) is 3.64. The first-order valence-electron chi connectivity index (χ1n) is 6.68. The summed E-state index contributed by atoms with van der Waals surface area (Å²) < 4.78 is 10.7. The highest BCUT2D eigenvalue weighted by Crippen LogP contribution is 2.25. The minimum Gasteiger partial charge on any atom is -0.493 e. The van der Waals surface area contributed by atoms with Gasteiger partial charge < -0.3 is 24.6 Å². The first kappa shape index (κ1) is 14.5. The molecule has 1 aliphatic heterocycles. The molecule has 0 atom stereocenters. The second kappa shape index (κ2) is 7.00. The summed E-state index contributed by atoms with van der Waals surface area (Å²) in [6.07, 6.45) is 0. The second-order valence-electron chi connectivity index (χ2n) is 4.71. The molecule has 0 unspecified atom stereocenters. The molecule has 1 N–H and O–H groups in total. The Kier molecular flexibility index (Phi) is 5.06. The Morgan fingerprint density at radius 1 is 1.20 bits per heavy atom. The van der Waals surface area contributed by atoms with Crippen LogP contribution in [0.4, 0.5) is 4.79 Å². The molecule has 0 radical (unpaired) electrons. The van der Waals surface area contributed by atoms with Crippen LogP contribution in [0.3, 0.4) is 0 Å². The van der Waals surface area contributed by atoms with Crippen LogP contribution < -0.4 is 14.8 Å². The van der Waals surface area contributed by atoms with Crippen molar-refractivity contribution < 1.29 is 14.3 Å². The van der Waals surface area contributed by atoms with E-state index in [4.69, 9.17) is 9.47 Å². The van der Waals surface area contributed by atoms with E-state index < -0.39 is 0 Å². The molecule has 0 bridgehead atoms. The number of amides is 2. The maximum atomic E-state index is 11.9. The summed E-state index contributed by atoms with van der Waals surface area (Å²) in [5.74, 6) is 1.27. The lowest BCUT2D eigenvalue weighted by Crippen LogP contribution is -2.51. The van der Waals surface area contributed by atoms with Gasteiger partial charge in [0.05, 0.1) is 7.11 Å². The number of hydrogen-bond acceptors (Lipinski definition) is 4. The van der Waals surface area contributed by atoms with Crippen LogP contribution in [-0.2, 0) is 0 Å². The highest BCUT2D eigenvalue weighted by molar-refractivity contribution is 5.74. The second-order valence-corrected chi connectivity index (χ2v) is 4.71. The number of carbonyl (C=O) groups is 1. The van der Waals surface area contributed by atoms with Gasteiger partial charge in [-0.05, 0) is 19.2 Å². The Morgan fingerprint density at radius 3 is 2.50 bits per heavy atom. The molecule has 1 aromatic carbocycles. The van der Waals surface area contributed by atoms with Gasteiger partial charge in [0.25, 0.3) is 0 Å². The summed E-state index contributed by atoms with van der Waals surface area (Å²) in [6, 6.07) is 7.26. The van der Waals surface area contributed by atoms with Gasteiger partial charge in [-0.25, -0.2) is 4.79 Å². The zero-order valence-corrected chi connectivity index (χ0v) is 12.0. The number of methoxy groups -OCH3 is 1. The molecular weight excluding hydrogens is 258 g/mol. The number of piperazine rings is 1. The fourth-order valence-electron chi connectivity index (χ4n) is 2.03. The summed E-state index contributed by atoms with van der Waals surface area (Å²) in [5, 5.41) is 2.76. The number of rotatable bonds is 4. The minimum absolute atomic E-state index is 0.0898. The van der Waals surface area contributed by atoms with E-state index in [0.29, 0.717) is 11.5 Å². The zero-order chi connectivity index (χ0) is 14.4. The number of likely N-dealkylation sites (N-methyl/N-ethyl adjacent to an activating group) is 1. The van der Waals surface area contributed by atoms with Gasteiger partial charge in [0.2, 0.25) is 0 Å². The average Bonchev–Trinajstić information content (AvgIpc) is 2.48. The van der Waals surface area contributed by atoms with Crippen molar-refractivity contribution in [1.29, 1.82) is 0 Å². The predicted octanol–water partition coefficient (Wildman–Crippen LogP) is 0.988. The molecule has 6 heteroatoms. The van der Waals surface area contributed by atoms with Crippen LogP contribution in [0.2, 0.25) is 0 Å². The fraction of sp³-hybridized carbons (Fsp3) is 0.500. The Labute approximate surface area is 119 Å². The van der Waals surface area contributed by atoms with Gasteiger partial charge in [0, 0.05) is 26.2 Å². The van der Waals surface area contributed by atoms with Crippen LogP contribution in [-0.4, -0.2) is 62.9 Å². The van der Waals surface area contributed by atoms with Crippen molar-refractivity contribution >= 4 is 6.03 Å². The molecule has 0 aromatic heterocycles. The lowest BCUT2D eigenvalue weighted by Gasteiger charge is -2.32. The van der Waals surface area contributed by atoms with Crippen molar-refractivity contribution in [2.24, 2.45) is 0 Å². The molecule has 1 fully saturated rings. The molecule has 0 saturated carbocycles. The van der Waals surface area contributed by atoms with Crippen LogP contribution in [0.15, 0.2) is 24.3 Å². The average molecular weight is 279 g/mol. The zero-order valence-electron chi connectivity index (χ0n) is 12.0. The van der Waals surface area contributed by atoms with Gasteiger partial charge in [-0.1, -0.05) is 12.1 Å². The largest absolute Gasteiger partial charge is 0.493 e. The smallest absolute Gasteiger partial charge is 0.320 e. The molecule has 2 rings (SSSR count). The number of hydrogen-bond donors (Lipinski definition) is 1. The summed E-state index contributed by atoms with van der Waals surface area (Å²) in [4.78, 5) is 15.9. The maximum Gasteiger partial charge on any atom is 0.320 e. The lowest BCUT2D eigenvalue weighted by atomic mass is 10.3. The number of ether oxygens (including phenoxy) is 2. The SMILES string of the molecule is COc1ccccc1OCNC(=O)N1CCN(C)CC1. The van der Waals surface area contributed by atoms with E-state index in [0.717, 1.165) is 26.2 Å². The van der Waals surface area contributed by atoms with Crippen molar-refractivity contribution in [2.45, 2.75) is 0 Å². The Hall–Kier alpha value is -1.95. The number of benzene rings is 1. The Morgan fingerprint density at radius 2 is 1.85 bits per heavy atom. The van der Waals surface area contributed by atoms with E-state index in [1.54, 1.807) is 18.1 Å². The number of nitrogens with one attached hydrogen (secondary N) is 1. The van der Waals surface area contributed by atoms with Crippen LogP contribution in [0.25, 0.3) is 0 Å². The molecule has 20 heavy (non-hydrogen) atoms. The minimum atomic E-state index is -0.0898. The van der Waals surface area contributed by atoms with Gasteiger partial charge in [0.15, 0.2) is 18.2 Å². The van der Waals surface area contributed by atoms with Gasteiger partial charge in [0.1, 0.15) is 0 Å². The van der Waals surface area contributed by atoms with E-state index in [-0.39, 0.29) is 12.8 Å². The number of nitrogens with zero attached hydrogens (tertiary/aromatic N) is 2. The third-order valence-corrected chi connectivity index (χ3v) is 3.31. The maximum absolute atomic E-state index is 11.9. The van der Waals surface area contributed by atoms with Crippen molar-refractivity contribution in [3.05, 3.63) is 24.3 Å². The van der Waals surface area contributed by atoms with E-state index in [9.17, 15) is 4.79 Å². The van der Waals surface area contributed by atoms with Crippen molar-refractivity contribution in [1.82, 2.24) is 15.1 Å². The molecule has 6 nitrogen and oxygen atoms in total. The van der Waals surface area contributed by atoms with Crippen LogP contribution in [0.1, 0.15) is 0 Å².